The Balaban J connectivity index is 0.00000417. The number of rotatable bonds is 11. The van der Waals surface area contributed by atoms with Crippen LogP contribution in [-0.2, 0) is 26.8 Å². The summed E-state index contributed by atoms with van der Waals surface area (Å²) in [5.41, 5.74) is 2.22. The maximum absolute atomic E-state index is 11.3. The number of benzene rings is 4. The Hall–Kier alpha value is -2.85. The van der Waals surface area contributed by atoms with Gasteiger partial charge in [0, 0.05) is 24.8 Å². The predicted molar refractivity (Wildman–Crippen MR) is 172 cm³/mol. The average molecular weight is 686 g/mol. The quantitative estimate of drug-likeness (QED) is 0.0962. The van der Waals surface area contributed by atoms with Gasteiger partial charge in [0.05, 0.1) is 27.6 Å². The van der Waals surface area contributed by atoms with Gasteiger partial charge < -0.3 is 18.6 Å². The van der Waals surface area contributed by atoms with Gasteiger partial charge in [-0.1, -0.05) is 66.8 Å². The number of aryl methyl sites for hydroxylation is 1. The fourth-order valence-electron chi connectivity index (χ4n) is 5.43. The van der Waals surface area contributed by atoms with Crippen LogP contribution in [0.25, 0.3) is 38.7 Å². The van der Waals surface area contributed by atoms with Crippen LogP contribution in [0.2, 0.25) is 0 Å². The van der Waals surface area contributed by atoms with Gasteiger partial charge in [0.1, 0.15) is 0 Å². The number of nitrogens with zero attached hydrogens (tertiary/aromatic N) is 2. The molecule has 1 N–H and O–H groups in total. The van der Waals surface area contributed by atoms with Crippen LogP contribution in [0.5, 0.6) is 5.75 Å². The number of aromatic nitrogens is 1. The van der Waals surface area contributed by atoms with Crippen molar-refractivity contribution in [3.63, 3.8) is 0 Å². The number of hydrogen-bond donors (Lipinski definition) is 1. The molecule has 2 heterocycles. The number of fused-ring (bicyclic) bond motifs is 4. The summed E-state index contributed by atoms with van der Waals surface area (Å²) in [5, 5.41) is 4.03. The molecule has 0 aliphatic carbocycles. The van der Waals surface area contributed by atoms with E-state index in [0.29, 0.717) is 29.7 Å². The first-order valence-corrected chi connectivity index (χ1v) is 17.5. The van der Waals surface area contributed by atoms with E-state index >= 15 is 0 Å². The van der Waals surface area contributed by atoms with E-state index in [1.54, 1.807) is 30.4 Å². The predicted octanol–water partition coefficient (Wildman–Crippen LogP) is 2.55. The van der Waals surface area contributed by atoms with Gasteiger partial charge in [-0.2, -0.15) is 13.0 Å². The van der Waals surface area contributed by atoms with Crippen molar-refractivity contribution in [3.8, 4) is 5.75 Å². The van der Waals surface area contributed by atoms with Gasteiger partial charge in [-0.15, -0.1) is 0 Å². The van der Waals surface area contributed by atoms with Crippen LogP contribution < -0.4 is 65.6 Å². The zero-order valence-electron chi connectivity index (χ0n) is 25.1. The number of allylic oxidation sites excluding steroid dienone is 4. The minimum Gasteiger partial charge on any atom is -0.748 e. The van der Waals surface area contributed by atoms with Gasteiger partial charge in [-0.25, -0.2) is 8.42 Å². The molecule has 4 aromatic carbocycles. The molecule has 0 amide bonds. The third-order valence-electron chi connectivity index (χ3n) is 7.46. The van der Waals surface area contributed by atoms with Crippen molar-refractivity contribution in [2.45, 2.75) is 19.4 Å². The molecule has 5 aromatic rings. The Labute approximate surface area is 309 Å². The topological polar surface area (TPSA) is 141 Å². The molecule has 6 rings (SSSR count). The van der Waals surface area contributed by atoms with Crippen molar-refractivity contribution in [2.75, 3.05) is 23.0 Å². The second-order valence-electron chi connectivity index (χ2n) is 10.7. The Bertz CT molecular complexity index is 2230. The number of oxazole rings is 1. The molecule has 46 heavy (non-hydrogen) atoms. The summed E-state index contributed by atoms with van der Waals surface area (Å²) in [6.45, 7) is 0.590. The van der Waals surface area contributed by atoms with Crippen LogP contribution in [-0.4, -0.2) is 44.0 Å². The normalized spacial score (nSPS) is 14.6. The molecule has 13 heteroatoms. The van der Waals surface area contributed by atoms with Crippen LogP contribution in [0.1, 0.15) is 18.7 Å². The first-order chi connectivity index (χ1) is 21.5. The summed E-state index contributed by atoms with van der Waals surface area (Å²) < 4.78 is 79.7. The first-order valence-electron chi connectivity index (χ1n) is 14.3. The third-order valence-corrected chi connectivity index (χ3v) is 9.05. The van der Waals surface area contributed by atoms with Gasteiger partial charge in [-0.05, 0) is 52.2 Å². The fraction of sp³-hybridized carbons (Fsp3) is 0.182. The molecule has 10 nitrogen and oxygen atoms in total. The largest absolute Gasteiger partial charge is 1.00 e. The first kappa shape index (κ1) is 34.5. The molecule has 0 unspecified atom stereocenters. The van der Waals surface area contributed by atoms with Crippen molar-refractivity contribution in [2.24, 2.45) is 0 Å². The molecule has 1 aliphatic rings. The number of ether oxygens (including phenoxy) is 1. The molecule has 0 radical (unpaired) electrons. The molecular weight excluding hydrogens is 656 g/mol. The van der Waals surface area contributed by atoms with E-state index in [2.05, 4.69) is 0 Å². The maximum Gasteiger partial charge on any atom is 1.00 e. The monoisotopic (exact) mass is 685 g/mol. The molecule has 0 saturated carbocycles. The molecule has 0 saturated heterocycles. The zero-order chi connectivity index (χ0) is 31.6. The smallest absolute Gasteiger partial charge is 0.748 e. The number of anilines is 1. The summed E-state index contributed by atoms with van der Waals surface area (Å²) in [7, 11) is -8.45. The van der Waals surface area contributed by atoms with E-state index in [1.165, 1.54) is 0 Å². The minimum absolute atomic E-state index is 0. The van der Waals surface area contributed by atoms with Crippen molar-refractivity contribution < 1.29 is 91.0 Å². The van der Waals surface area contributed by atoms with Crippen LogP contribution in [0.15, 0.2) is 107 Å². The zero-order valence-corrected chi connectivity index (χ0v) is 29.8. The molecule has 1 aliphatic heterocycles. The molecule has 232 valence electrons. The van der Waals surface area contributed by atoms with E-state index in [-0.39, 0.29) is 76.5 Å². The molecule has 0 bridgehead atoms. The van der Waals surface area contributed by atoms with E-state index in [4.69, 9.17) is 9.15 Å². The molecule has 0 spiro atoms. The van der Waals surface area contributed by atoms with Gasteiger partial charge in [-0.3, -0.25) is 4.55 Å². The second-order valence-corrected chi connectivity index (χ2v) is 13.8. The molecule has 1 aromatic heterocycles. The van der Waals surface area contributed by atoms with Gasteiger partial charge >= 0.3 is 57.3 Å². The average Bonchev–Trinajstić information content (AvgIpc) is 3.49. The summed E-state index contributed by atoms with van der Waals surface area (Å²) in [6, 6.07) is 23.5. The Morgan fingerprint density at radius 1 is 0.826 bits per heavy atom. The van der Waals surface area contributed by atoms with Crippen molar-refractivity contribution in [3.05, 3.63) is 109 Å². The summed E-state index contributed by atoms with van der Waals surface area (Å²) in [4.78, 5) is 1.88. The summed E-state index contributed by atoms with van der Waals surface area (Å²) in [6.07, 6.45) is 9.19. The Morgan fingerprint density at radius 3 is 2.15 bits per heavy atom. The van der Waals surface area contributed by atoms with E-state index in [9.17, 15) is 25.9 Å². The van der Waals surface area contributed by atoms with Crippen molar-refractivity contribution in [1.29, 1.82) is 0 Å². The van der Waals surface area contributed by atoms with Gasteiger partial charge in [0.15, 0.2) is 12.3 Å². The van der Waals surface area contributed by atoms with Gasteiger partial charge in [0.2, 0.25) is 11.5 Å². The summed E-state index contributed by atoms with van der Waals surface area (Å²) >= 11 is 0. The SMILES string of the molecule is O=S(=O)([O-])CCC[n+]1c(/C=C/C=C/C=C2/Oc3cc4ccccc4cc3N2CCCS(=O)(=O)O)oc2cc3ccccc3cc21.[K+]. The maximum atomic E-state index is 11.3. The van der Waals surface area contributed by atoms with Crippen molar-refractivity contribution >= 4 is 64.6 Å². The fourth-order valence-corrected chi connectivity index (χ4v) is 6.40. The van der Waals surface area contributed by atoms with E-state index < -0.39 is 26.0 Å². The minimum atomic E-state index is -4.35. The van der Waals surface area contributed by atoms with Gasteiger partial charge in [0.25, 0.3) is 15.6 Å². The second kappa shape index (κ2) is 14.5. The van der Waals surface area contributed by atoms with Crippen LogP contribution in [0, 0.1) is 0 Å². The Kier molecular flexibility index (Phi) is 10.9. The summed E-state index contributed by atoms with van der Waals surface area (Å²) in [5.74, 6) is 0.793. The number of hydrogen-bond acceptors (Lipinski definition) is 8. The van der Waals surface area contributed by atoms with Crippen LogP contribution >= 0.6 is 0 Å². The standard InChI is InChI=1S/C33H30N2O8S2.K/c36-44(37,38)18-8-16-34-28-20-24-10-4-6-12-26(24)22-30(28)42-32(34)14-2-1-3-15-33-35(17-9-19-45(39,40)41)29-21-25-11-5-7-13-27(25)23-31(29)43-33;/h1-7,10-15,20-23H,8-9,16-19H2,(H-,36,37,38,39,40,41);/q;+1. The molecular formula is C33H30KN2O8S2+. The van der Waals surface area contributed by atoms with Crippen LogP contribution in [0.4, 0.5) is 5.69 Å². The van der Waals surface area contributed by atoms with Crippen molar-refractivity contribution in [1.82, 2.24) is 0 Å². The van der Waals surface area contributed by atoms with E-state index in [1.807, 2.05) is 82.3 Å². The third kappa shape index (κ3) is 8.34. The van der Waals surface area contributed by atoms with E-state index in [0.717, 1.165) is 32.7 Å². The molecule has 0 fully saturated rings. The molecule has 0 atom stereocenters. The van der Waals surface area contributed by atoms with Crippen LogP contribution in [0.3, 0.4) is 0 Å². The Morgan fingerprint density at radius 2 is 1.48 bits per heavy atom.